The topological polar surface area (TPSA) is 29.5 Å². The van der Waals surface area contributed by atoms with Gasteiger partial charge in [0.2, 0.25) is 0 Å². The van der Waals surface area contributed by atoms with Gasteiger partial charge >= 0.3 is 0 Å². The van der Waals surface area contributed by atoms with Crippen LogP contribution in [0, 0.1) is 39.9 Å². The summed E-state index contributed by atoms with van der Waals surface area (Å²) in [7, 11) is 0. The van der Waals surface area contributed by atoms with Crippen molar-refractivity contribution < 1.29 is 9.84 Å². The van der Waals surface area contributed by atoms with Crippen LogP contribution in [-0.4, -0.2) is 23.4 Å². The van der Waals surface area contributed by atoms with Crippen LogP contribution in [0.4, 0.5) is 0 Å². The molecule has 0 amide bonds. The molecule has 0 radical (unpaired) electrons. The van der Waals surface area contributed by atoms with Gasteiger partial charge in [-0.1, -0.05) is 34.6 Å². The Balaban J connectivity index is 1.51. The molecule has 3 unspecified atom stereocenters. The molecule has 0 saturated heterocycles. The fourth-order valence-electron chi connectivity index (χ4n) is 8.01. The van der Waals surface area contributed by atoms with Gasteiger partial charge in [-0.3, -0.25) is 0 Å². The molecular weight excluding hydrogens is 332 g/mol. The lowest BCUT2D eigenvalue weighted by molar-refractivity contribution is -0.158. The molecule has 4 saturated carbocycles. The quantitative estimate of drug-likeness (QED) is 0.620. The molecule has 0 heterocycles. The molecule has 0 bridgehead atoms. The van der Waals surface area contributed by atoms with E-state index in [0.29, 0.717) is 16.9 Å². The summed E-state index contributed by atoms with van der Waals surface area (Å²) in [5.41, 5.74) is 0.711. The number of hydrogen-bond donors (Lipinski definition) is 1. The Morgan fingerprint density at radius 2 is 1.56 bits per heavy atom. The van der Waals surface area contributed by atoms with Gasteiger partial charge < -0.3 is 9.84 Å². The molecule has 4 fully saturated rings. The predicted octanol–water partition coefficient (Wildman–Crippen LogP) is 6.21. The molecular formula is C25H44O2. The van der Waals surface area contributed by atoms with Gasteiger partial charge in [-0.05, 0) is 105 Å². The standard InChI is InChI=1S/C25H44O2/c1-22(2,3)16-27-21-10-9-19-18-8-7-17-15-23(4,26)13-14-24(17,5)20(18)11-12-25(19,21)6/h17-21,26H,7-16H2,1-6H3/t17-,18?,19?,20?,21+,23+,24+,25+/m1/s1. The van der Waals surface area contributed by atoms with Crippen LogP contribution in [0.1, 0.15) is 99.3 Å². The van der Waals surface area contributed by atoms with E-state index in [-0.39, 0.29) is 5.41 Å². The van der Waals surface area contributed by atoms with E-state index >= 15 is 0 Å². The first-order chi connectivity index (χ1) is 12.4. The Morgan fingerprint density at radius 1 is 0.852 bits per heavy atom. The van der Waals surface area contributed by atoms with Crippen molar-refractivity contribution in [3.63, 3.8) is 0 Å². The molecule has 0 aromatic rings. The highest BCUT2D eigenvalue weighted by Crippen LogP contribution is 2.67. The maximum atomic E-state index is 10.7. The van der Waals surface area contributed by atoms with Crippen molar-refractivity contribution in [2.45, 2.75) is 111 Å². The van der Waals surface area contributed by atoms with Gasteiger partial charge in [0, 0.05) is 0 Å². The molecule has 0 spiro atoms. The van der Waals surface area contributed by atoms with Crippen LogP contribution < -0.4 is 0 Å². The van der Waals surface area contributed by atoms with Gasteiger partial charge in [0.15, 0.2) is 0 Å². The molecule has 156 valence electrons. The molecule has 27 heavy (non-hydrogen) atoms. The molecule has 1 N–H and O–H groups in total. The van der Waals surface area contributed by atoms with Crippen molar-refractivity contribution >= 4 is 0 Å². The van der Waals surface area contributed by atoms with Crippen molar-refractivity contribution in [1.29, 1.82) is 0 Å². The van der Waals surface area contributed by atoms with Gasteiger partial charge in [0.05, 0.1) is 18.3 Å². The molecule has 4 aliphatic rings. The Morgan fingerprint density at radius 3 is 2.26 bits per heavy atom. The third-order valence-corrected chi connectivity index (χ3v) is 9.58. The van der Waals surface area contributed by atoms with Gasteiger partial charge in [-0.25, -0.2) is 0 Å². The molecule has 2 nitrogen and oxygen atoms in total. The summed E-state index contributed by atoms with van der Waals surface area (Å²) in [5.74, 6) is 3.38. The molecule has 4 rings (SSSR count). The Bertz CT molecular complexity index is 561. The van der Waals surface area contributed by atoms with E-state index < -0.39 is 5.60 Å². The van der Waals surface area contributed by atoms with E-state index in [0.717, 1.165) is 43.1 Å². The van der Waals surface area contributed by atoms with Gasteiger partial charge in [-0.15, -0.1) is 0 Å². The molecule has 8 atom stereocenters. The zero-order valence-electron chi connectivity index (χ0n) is 18.8. The van der Waals surface area contributed by atoms with E-state index in [1.165, 1.54) is 44.9 Å². The highest BCUT2D eigenvalue weighted by atomic mass is 16.5. The van der Waals surface area contributed by atoms with Crippen LogP contribution >= 0.6 is 0 Å². The second-order valence-corrected chi connectivity index (χ2v) is 12.8. The first-order valence-corrected chi connectivity index (χ1v) is 11.8. The second-order valence-electron chi connectivity index (χ2n) is 12.8. The molecule has 0 aromatic carbocycles. The third-order valence-electron chi connectivity index (χ3n) is 9.58. The van der Waals surface area contributed by atoms with E-state index in [4.69, 9.17) is 4.74 Å². The largest absolute Gasteiger partial charge is 0.390 e. The number of fused-ring (bicyclic) bond motifs is 5. The van der Waals surface area contributed by atoms with Crippen LogP contribution in [0.25, 0.3) is 0 Å². The van der Waals surface area contributed by atoms with Gasteiger partial charge in [-0.2, -0.15) is 0 Å². The minimum absolute atomic E-state index is 0.260. The SMILES string of the molecule is CC(C)(C)CO[C@H]1CCC2C3CC[C@@H]4C[C@@](C)(O)CC[C@]4(C)C3CC[C@@]21C. The minimum atomic E-state index is -0.417. The Labute approximate surface area is 167 Å². The normalized spacial score (nSPS) is 52.8. The van der Waals surface area contributed by atoms with Crippen molar-refractivity contribution in [2.24, 2.45) is 39.9 Å². The summed E-state index contributed by atoms with van der Waals surface area (Å²) in [6.45, 7) is 15.0. The summed E-state index contributed by atoms with van der Waals surface area (Å²) >= 11 is 0. The van der Waals surface area contributed by atoms with Crippen molar-refractivity contribution in [1.82, 2.24) is 0 Å². The van der Waals surface area contributed by atoms with Crippen LogP contribution in [-0.2, 0) is 4.74 Å². The average Bonchev–Trinajstić information content (AvgIpc) is 2.89. The number of hydrogen-bond acceptors (Lipinski definition) is 2. The molecule has 4 aliphatic carbocycles. The molecule has 2 heteroatoms. The second kappa shape index (κ2) is 6.46. The lowest BCUT2D eigenvalue weighted by Gasteiger charge is -2.61. The van der Waals surface area contributed by atoms with Crippen LogP contribution in [0.15, 0.2) is 0 Å². The van der Waals surface area contributed by atoms with Gasteiger partial charge in [0.1, 0.15) is 0 Å². The first kappa shape index (κ1) is 20.2. The lowest BCUT2D eigenvalue weighted by atomic mass is 9.44. The zero-order valence-corrected chi connectivity index (χ0v) is 18.8. The van der Waals surface area contributed by atoms with E-state index in [2.05, 4.69) is 41.5 Å². The maximum Gasteiger partial charge on any atom is 0.0631 e. The number of aliphatic hydroxyl groups is 1. The molecule has 0 aromatic heterocycles. The van der Waals surface area contributed by atoms with Crippen molar-refractivity contribution in [3.8, 4) is 0 Å². The Hall–Kier alpha value is -0.0800. The zero-order chi connectivity index (χ0) is 19.7. The number of rotatable bonds is 2. The van der Waals surface area contributed by atoms with Crippen LogP contribution in [0.5, 0.6) is 0 Å². The fraction of sp³-hybridized carbons (Fsp3) is 1.00. The monoisotopic (exact) mass is 376 g/mol. The highest BCUT2D eigenvalue weighted by Gasteiger charge is 2.61. The summed E-state index contributed by atoms with van der Waals surface area (Å²) < 4.78 is 6.55. The van der Waals surface area contributed by atoms with E-state index in [1.54, 1.807) is 0 Å². The van der Waals surface area contributed by atoms with Crippen molar-refractivity contribution in [3.05, 3.63) is 0 Å². The summed E-state index contributed by atoms with van der Waals surface area (Å²) in [4.78, 5) is 0. The van der Waals surface area contributed by atoms with E-state index in [1.807, 2.05) is 0 Å². The smallest absolute Gasteiger partial charge is 0.0631 e. The van der Waals surface area contributed by atoms with Crippen molar-refractivity contribution in [2.75, 3.05) is 6.61 Å². The van der Waals surface area contributed by atoms with Gasteiger partial charge in [0.25, 0.3) is 0 Å². The highest BCUT2D eigenvalue weighted by molar-refractivity contribution is 5.10. The number of ether oxygens (including phenoxy) is 1. The molecule has 0 aliphatic heterocycles. The first-order valence-electron chi connectivity index (χ1n) is 11.8. The van der Waals surface area contributed by atoms with Crippen LogP contribution in [0.3, 0.4) is 0 Å². The summed E-state index contributed by atoms with van der Waals surface area (Å²) in [6.07, 6.45) is 11.9. The summed E-state index contributed by atoms with van der Waals surface area (Å²) in [5, 5.41) is 10.7. The third kappa shape index (κ3) is 3.41. The average molecular weight is 377 g/mol. The predicted molar refractivity (Wildman–Crippen MR) is 112 cm³/mol. The summed E-state index contributed by atoms with van der Waals surface area (Å²) in [6, 6.07) is 0. The maximum absolute atomic E-state index is 10.7. The lowest BCUT2D eigenvalue weighted by Crippen LogP contribution is -2.56. The Kier molecular flexibility index (Phi) is 4.83. The fourth-order valence-corrected chi connectivity index (χ4v) is 8.01. The van der Waals surface area contributed by atoms with Crippen LogP contribution in [0.2, 0.25) is 0 Å². The van der Waals surface area contributed by atoms with E-state index in [9.17, 15) is 5.11 Å². The minimum Gasteiger partial charge on any atom is -0.390 e.